The maximum atomic E-state index is 11.2. The van der Waals surface area contributed by atoms with Crippen molar-refractivity contribution in [3.05, 3.63) is 40.1 Å². The summed E-state index contributed by atoms with van der Waals surface area (Å²) in [5.74, 6) is 0. The number of rotatable bonds is 3. The van der Waals surface area contributed by atoms with Crippen LogP contribution in [0.3, 0.4) is 0 Å². The fraction of sp³-hybridized carbons (Fsp3) is 0.500. The van der Waals surface area contributed by atoms with Crippen LogP contribution in [0.25, 0.3) is 10.9 Å². The summed E-state index contributed by atoms with van der Waals surface area (Å²) in [6.07, 6.45) is 2.29. The first kappa shape index (κ1) is 16.2. The molecule has 2 aromatic rings. The van der Waals surface area contributed by atoms with Gasteiger partial charge in [-0.15, -0.1) is 0 Å². The lowest BCUT2D eigenvalue weighted by atomic mass is 10.1. The summed E-state index contributed by atoms with van der Waals surface area (Å²) >= 11 is 0. The van der Waals surface area contributed by atoms with Gasteiger partial charge in [0.2, 0.25) is 0 Å². The Balaban J connectivity index is 1.71. The Bertz CT molecular complexity index is 804. The number of pyridine rings is 1. The third-order valence-electron chi connectivity index (χ3n) is 4.92. The molecule has 2 atom stereocenters. The Morgan fingerprint density at radius 3 is 2.84 bits per heavy atom. The van der Waals surface area contributed by atoms with E-state index in [1.165, 1.54) is 6.07 Å². The van der Waals surface area contributed by atoms with Gasteiger partial charge in [0.15, 0.2) is 0 Å². The van der Waals surface area contributed by atoms with Crippen LogP contribution in [-0.2, 0) is 9.47 Å². The van der Waals surface area contributed by atoms with Crippen LogP contribution in [0.1, 0.15) is 18.5 Å². The van der Waals surface area contributed by atoms with E-state index in [1.54, 1.807) is 12.1 Å². The van der Waals surface area contributed by atoms with Crippen molar-refractivity contribution in [2.45, 2.75) is 32.0 Å². The second-order valence-electron chi connectivity index (χ2n) is 6.65. The number of morpholine rings is 1. The predicted octanol–water partition coefficient (Wildman–Crippen LogP) is 2.84. The Morgan fingerprint density at radius 1 is 1.24 bits per heavy atom. The molecule has 4 rings (SSSR count). The van der Waals surface area contributed by atoms with Gasteiger partial charge in [-0.3, -0.25) is 15.1 Å². The number of fused-ring (bicyclic) bond motifs is 1. The molecule has 0 amide bonds. The van der Waals surface area contributed by atoms with Crippen LogP contribution in [0.15, 0.2) is 24.3 Å². The molecule has 132 valence electrons. The van der Waals surface area contributed by atoms with Gasteiger partial charge in [-0.1, -0.05) is 0 Å². The van der Waals surface area contributed by atoms with Crippen LogP contribution in [0.4, 0.5) is 11.4 Å². The fourth-order valence-electron chi connectivity index (χ4n) is 3.71. The zero-order chi connectivity index (χ0) is 17.4. The van der Waals surface area contributed by atoms with Crippen LogP contribution in [-0.4, -0.2) is 48.4 Å². The third-order valence-corrected chi connectivity index (χ3v) is 4.92. The number of aromatic nitrogens is 1. The number of hydrogen-bond donors (Lipinski definition) is 0. The molecule has 2 fully saturated rings. The number of hydrogen-bond acceptors (Lipinski definition) is 6. The van der Waals surface area contributed by atoms with Gasteiger partial charge in [0, 0.05) is 48.6 Å². The quantitative estimate of drug-likeness (QED) is 0.630. The smallest absolute Gasteiger partial charge is 0.270 e. The highest BCUT2D eigenvalue weighted by molar-refractivity contribution is 5.93. The minimum Gasteiger partial charge on any atom is -0.375 e. The molecule has 1 aromatic heterocycles. The van der Waals surface area contributed by atoms with Gasteiger partial charge in [0.1, 0.15) is 6.10 Å². The van der Waals surface area contributed by atoms with E-state index in [1.807, 2.05) is 13.0 Å². The molecule has 0 radical (unpaired) electrons. The van der Waals surface area contributed by atoms with Gasteiger partial charge in [-0.05, 0) is 31.9 Å². The first-order valence-electron chi connectivity index (χ1n) is 8.66. The average Bonchev–Trinajstić information content (AvgIpc) is 3.15. The number of non-ortho nitro benzene ring substituents is 1. The van der Waals surface area contributed by atoms with Crippen molar-refractivity contribution in [2.75, 3.05) is 31.2 Å². The molecule has 0 aliphatic carbocycles. The molecule has 2 aliphatic heterocycles. The summed E-state index contributed by atoms with van der Waals surface area (Å²) < 4.78 is 11.7. The highest BCUT2D eigenvalue weighted by atomic mass is 16.6. The van der Waals surface area contributed by atoms with Gasteiger partial charge in [0.25, 0.3) is 5.69 Å². The van der Waals surface area contributed by atoms with Crippen LogP contribution in [0.5, 0.6) is 0 Å². The molecule has 3 heterocycles. The van der Waals surface area contributed by atoms with Crippen molar-refractivity contribution in [3.8, 4) is 0 Å². The van der Waals surface area contributed by atoms with E-state index in [9.17, 15) is 10.1 Å². The van der Waals surface area contributed by atoms with Gasteiger partial charge in [-0.25, -0.2) is 0 Å². The van der Waals surface area contributed by atoms with Crippen LogP contribution < -0.4 is 4.90 Å². The summed E-state index contributed by atoms with van der Waals surface area (Å²) in [6.45, 7) is 4.86. The lowest BCUT2D eigenvalue weighted by Crippen LogP contribution is -2.47. The summed E-state index contributed by atoms with van der Waals surface area (Å²) in [5, 5.41) is 12.0. The minimum atomic E-state index is -0.364. The van der Waals surface area contributed by atoms with Crippen molar-refractivity contribution in [1.82, 2.24) is 4.98 Å². The summed E-state index contributed by atoms with van der Waals surface area (Å²) in [6, 6.07) is 6.85. The van der Waals surface area contributed by atoms with Gasteiger partial charge in [-0.2, -0.15) is 0 Å². The Kier molecular flexibility index (Phi) is 4.27. The second-order valence-corrected chi connectivity index (χ2v) is 6.65. The molecule has 25 heavy (non-hydrogen) atoms. The molecule has 0 N–H and O–H groups in total. The Hall–Kier alpha value is -2.25. The lowest BCUT2D eigenvalue weighted by molar-refractivity contribution is -0.384. The normalized spacial score (nSPS) is 24.0. The van der Waals surface area contributed by atoms with Gasteiger partial charge < -0.3 is 14.4 Å². The molecule has 0 bridgehead atoms. The molecule has 0 saturated carbocycles. The third kappa shape index (κ3) is 3.17. The summed E-state index contributed by atoms with van der Waals surface area (Å²) in [4.78, 5) is 17.6. The van der Waals surface area contributed by atoms with Gasteiger partial charge >= 0.3 is 0 Å². The standard InChI is InChI=1S/C18H21N3O4/c1-12-9-16(14-10-13(21(22)23)4-5-15(14)19-12)20-6-8-25-18(11-20)17-3-2-7-24-17/h4-5,9-10,17-18H,2-3,6-8,11H2,1H3/t17-,18-/m0/s1. The molecule has 0 unspecified atom stereocenters. The number of nitrogens with zero attached hydrogens (tertiary/aromatic N) is 3. The van der Waals surface area contributed by atoms with Gasteiger partial charge in [0.05, 0.1) is 23.2 Å². The largest absolute Gasteiger partial charge is 0.375 e. The van der Waals surface area contributed by atoms with Crippen LogP contribution >= 0.6 is 0 Å². The predicted molar refractivity (Wildman–Crippen MR) is 94.1 cm³/mol. The van der Waals surface area contributed by atoms with E-state index in [2.05, 4.69) is 9.88 Å². The SMILES string of the molecule is Cc1cc(N2CCO[C@H]([C@@H]3CCCO3)C2)c2cc([N+](=O)[O-])ccc2n1. The topological polar surface area (TPSA) is 77.7 Å². The average molecular weight is 343 g/mol. The zero-order valence-corrected chi connectivity index (χ0v) is 14.2. The van der Waals surface area contributed by atoms with E-state index in [4.69, 9.17) is 9.47 Å². The molecular formula is C18H21N3O4. The van der Waals surface area contributed by atoms with Crippen molar-refractivity contribution in [1.29, 1.82) is 0 Å². The number of aryl methyl sites for hydroxylation is 1. The molecular weight excluding hydrogens is 322 g/mol. The number of anilines is 1. The molecule has 2 saturated heterocycles. The van der Waals surface area contributed by atoms with E-state index >= 15 is 0 Å². The van der Waals surface area contributed by atoms with Crippen molar-refractivity contribution in [2.24, 2.45) is 0 Å². The summed E-state index contributed by atoms with van der Waals surface area (Å²) in [5.41, 5.74) is 2.75. The fourth-order valence-corrected chi connectivity index (χ4v) is 3.71. The summed E-state index contributed by atoms with van der Waals surface area (Å²) in [7, 11) is 0. The van der Waals surface area contributed by atoms with Crippen molar-refractivity contribution >= 4 is 22.3 Å². The highest BCUT2D eigenvalue weighted by Gasteiger charge is 2.32. The Labute approximate surface area is 145 Å². The highest BCUT2D eigenvalue weighted by Crippen LogP contribution is 2.32. The Morgan fingerprint density at radius 2 is 2.08 bits per heavy atom. The number of benzene rings is 1. The number of nitro benzene ring substituents is 1. The van der Waals surface area contributed by atoms with Crippen LogP contribution in [0.2, 0.25) is 0 Å². The van der Waals surface area contributed by atoms with E-state index in [0.29, 0.717) is 6.61 Å². The van der Waals surface area contributed by atoms with Crippen LogP contribution in [0, 0.1) is 17.0 Å². The van der Waals surface area contributed by atoms with E-state index < -0.39 is 0 Å². The van der Waals surface area contributed by atoms with E-state index in [0.717, 1.165) is 54.8 Å². The second kappa shape index (κ2) is 6.57. The lowest BCUT2D eigenvalue weighted by Gasteiger charge is -2.37. The monoisotopic (exact) mass is 343 g/mol. The minimum absolute atomic E-state index is 0.0402. The first-order valence-corrected chi connectivity index (χ1v) is 8.66. The van der Waals surface area contributed by atoms with E-state index in [-0.39, 0.29) is 22.8 Å². The zero-order valence-electron chi connectivity index (χ0n) is 14.2. The van der Waals surface area contributed by atoms with Crippen molar-refractivity contribution < 1.29 is 14.4 Å². The molecule has 7 heteroatoms. The molecule has 0 spiro atoms. The molecule has 7 nitrogen and oxygen atoms in total. The molecule has 2 aliphatic rings. The molecule has 1 aromatic carbocycles. The first-order chi connectivity index (χ1) is 12.1. The maximum absolute atomic E-state index is 11.2. The number of ether oxygens (including phenoxy) is 2. The maximum Gasteiger partial charge on any atom is 0.270 e. The number of nitro groups is 1. The van der Waals surface area contributed by atoms with Crippen molar-refractivity contribution in [3.63, 3.8) is 0 Å².